The third kappa shape index (κ3) is 3.63. The Labute approximate surface area is 136 Å². The number of benzene rings is 1. The van der Waals surface area contributed by atoms with E-state index in [9.17, 15) is 4.79 Å². The molecule has 3 N–H and O–H groups in total. The van der Waals surface area contributed by atoms with Crippen molar-refractivity contribution in [3.63, 3.8) is 0 Å². The van der Waals surface area contributed by atoms with Gasteiger partial charge in [0.1, 0.15) is 6.04 Å². The third-order valence-electron chi connectivity index (χ3n) is 4.78. The number of likely N-dealkylation sites (tertiary alicyclic amines) is 1. The maximum atomic E-state index is 12.3. The number of aryl methyl sites for hydroxylation is 1. The van der Waals surface area contributed by atoms with Gasteiger partial charge in [-0.2, -0.15) is 5.26 Å². The molecule has 0 aromatic heterocycles. The number of nitrogens with one attached hydrogen (secondary N) is 3. The van der Waals surface area contributed by atoms with Crippen molar-refractivity contribution in [2.75, 3.05) is 19.6 Å². The van der Waals surface area contributed by atoms with Crippen molar-refractivity contribution in [3.8, 4) is 6.19 Å². The monoisotopic (exact) mass is 313 g/mol. The van der Waals surface area contributed by atoms with Gasteiger partial charge in [-0.25, -0.2) is 10.9 Å². The number of rotatable bonds is 4. The number of hydrazine groups is 1. The molecule has 3 atom stereocenters. The van der Waals surface area contributed by atoms with Gasteiger partial charge < -0.3 is 10.2 Å². The zero-order chi connectivity index (χ0) is 16.2. The van der Waals surface area contributed by atoms with Gasteiger partial charge in [-0.1, -0.05) is 24.3 Å². The molecule has 0 aliphatic carbocycles. The first-order chi connectivity index (χ1) is 11.2. The van der Waals surface area contributed by atoms with E-state index in [0.29, 0.717) is 12.5 Å². The molecule has 2 aliphatic rings. The second kappa shape index (κ2) is 6.99. The summed E-state index contributed by atoms with van der Waals surface area (Å²) in [7, 11) is 0. The molecule has 0 saturated carbocycles. The summed E-state index contributed by atoms with van der Waals surface area (Å²) in [5.41, 5.74) is 8.79. The Morgan fingerprint density at radius 1 is 1.43 bits per heavy atom. The highest BCUT2D eigenvalue weighted by Crippen LogP contribution is 2.25. The van der Waals surface area contributed by atoms with Crippen LogP contribution in [0.4, 0.5) is 0 Å². The van der Waals surface area contributed by atoms with Crippen molar-refractivity contribution in [1.82, 2.24) is 21.1 Å². The lowest BCUT2D eigenvalue weighted by molar-refractivity contribution is -0.123. The number of carbonyl (C=O) groups excluding carboxylic acids is 1. The van der Waals surface area contributed by atoms with Crippen LogP contribution in [0.1, 0.15) is 30.0 Å². The zero-order valence-electron chi connectivity index (χ0n) is 13.4. The Bertz CT molecular complexity index is 611. The van der Waals surface area contributed by atoms with Crippen molar-refractivity contribution in [3.05, 3.63) is 35.4 Å². The van der Waals surface area contributed by atoms with Crippen LogP contribution >= 0.6 is 0 Å². The van der Waals surface area contributed by atoms with E-state index in [0.717, 1.165) is 25.9 Å². The van der Waals surface area contributed by atoms with Crippen LogP contribution in [0.5, 0.6) is 0 Å². The lowest BCUT2D eigenvalue weighted by atomic mass is 9.97. The van der Waals surface area contributed by atoms with Crippen LogP contribution in [-0.4, -0.2) is 36.5 Å². The topological polar surface area (TPSA) is 80.2 Å². The maximum absolute atomic E-state index is 12.3. The SMILES string of the molecule is Cc1ccccc1C1CC(C(=O)NCC2CCN(C#N)C2)NN1. The minimum atomic E-state index is -0.215. The Morgan fingerprint density at radius 2 is 2.26 bits per heavy atom. The number of amides is 1. The predicted octanol–water partition coefficient (Wildman–Crippen LogP) is 0.822. The smallest absolute Gasteiger partial charge is 0.238 e. The van der Waals surface area contributed by atoms with Crippen LogP contribution in [0.25, 0.3) is 0 Å². The molecule has 0 spiro atoms. The molecule has 2 fully saturated rings. The van der Waals surface area contributed by atoms with Gasteiger partial charge >= 0.3 is 0 Å². The van der Waals surface area contributed by atoms with E-state index in [4.69, 9.17) is 5.26 Å². The van der Waals surface area contributed by atoms with Gasteiger partial charge in [0.05, 0.1) is 0 Å². The van der Waals surface area contributed by atoms with Gasteiger partial charge in [0.25, 0.3) is 0 Å². The highest BCUT2D eigenvalue weighted by Gasteiger charge is 2.31. The van der Waals surface area contributed by atoms with Crippen LogP contribution in [0.15, 0.2) is 24.3 Å². The van der Waals surface area contributed by atoms with E-state index in [1.54, 1.807) is 4.90 Å². The molecule has 3 rings (SSSR count). The summed E-state index contributed by atoms with van der Waals surface area (Å²) in [4.78, 5) is 14.1. The lowest BCUT2D eigenvalue weighted by Gasteiger charge is -2.14. The molecule has 3 unspecified atom stereocenters. The van der Waals surface area contributed by atoms with Gasteiger partial charge in [0.15, 0.2) is 6.19 Å². The fourth-order valence-corrected chi connectivity index (χ4v) is 3.37. The van der Waals surface area contributed by atoms with Crippen LogP contribution in [0.2, 0.25) is 0 Å². The van der Waals surface area contributed by atoms with Gasteiger partial charge in [-0.15, -0.1) is 0 Å². The second-order valence-electron chi connectivity index (χ2n) is 6.43. The highest BCUT2D eigenvalue weighted by atomic mass is 16.2. The van der Waals surface area contributed by atoms with E-state index < -0.39 is 0 Å². The molecular weight excluding hydrogens is 290 g/mol. The maximum Gasteiger partial charge on any atom is 0.238 e. The van der Waals surface area contributed by atoms with E-state index in [1.165, 1.54) is 11.1 Å². The van der Waals surface area contributed by atoms with Crippen molar-refractivity contribution < 1.29 is 4.79 Å². The molecule has 2 saturated heterocycles. The van der Waals surface area contributed by atoms with Crippen molar-refractivity contribution in [2.24, 2.45) is 5.92 Å². The van der Waals surface area contributed by atoms with Crippen LogP contribution < -0.4 is 16.2 Å². The molecule has 2 heterocycles. The van der Waals surface area contributed by atoms with Gasteiger partial charge in [0, 0.05) is 25.7 Å². The third-order valence-corrected chi connectivity index (χ3v) is 4.78. The molecule has 1 aromatic carbocycles. The molecule has 0 bridgehead atoms. The van der Waals surface area contributed by atoms with Crippen molar-refractivity contribution in [2.45, 2.75) is 31.8 Å². The Balaban J connectivity index is 1.48. The number of hydrogen-bond donors (Lipinski definition) is 3. The Morgan fingerprint density at radius 3 is 3.00 bits per heavy atom. The van der Waals surface area contributed by atoms with Crippen LogP contribution in [0, 0.1) is 24.3 Å². The molecule has 2 aliphatic heterocycles. The summed E-state index contributed by atoms with van der Waals surface area (Å²) in [5.74, 6) is 0.407. The fourth-order valence-electron chi connectivity index (χ4n) is 3.37. The molecule has 6 heteroatoms. The first-order valence-electron chi connectivity index (χ1n) is 8.16. The first kappa shape index (κ1) is 15.8. The summed E-state index contributed by atoms with van der Waals surface area (Å²) < 4.78 is 0. The van der Waals surface area contributed by atoms with E-state index in [-0.39, 0.29) is 18.0 Å². The van der Waals surface area contributed by atoms with Crippen molar-refractivity contribution in [1.29, 1.82) is 5.26 Å². The molecular formula is C17H23N5O. The largest absolute Gasteiger partial charge is 0.354 e. The predicted molar refractivity (Wildman–Crippen MR) is 86.9 cm³/mol. The summed E-state index contributed by atoms with van der Waals surface area (Å²) in [6.07, 6.45) is 3.87. The van der Waals surface area contributed by atoms with Gasteiger partial charge in [0.2, 0.25) is 5.91 Å². The molecule has 23 heavy (non-hydrogen) atoms. The number of hydrogen-bond acceptors (Lipinski definition) is 5. The molecule has 6 nitrogen and oxygen atoms in total. The second-order valence-corrected chi connectivity index (χ2v) is 6.43. The number of carbonyl (C=O) groups is 1. The summed E-state index contributed by atoms with van der Waals surface area (Å²) in [6, 6.07) is 8.19. The molecule has 122 valence electrons. The highest BCUT2D eigenvalue weighted by molar-refractivity contribution is 5.82. The van der Waals surface area contributed by atoms with Gasteiger partial charge in [-0.05, 0) is 36.8 Å². The molecule has 0 radical (unpaired) electrons. The van der Waals surface area contributed by atoms with Crippen LogP contribution in [-0.2, 0) is 4.79 Å². The summed E-state index contributed by atoms with van der Waals surface area (Å²) in [6.45, 7) is 4.28. The lowest BCUT2D eigenvalue weighted by Crippen LogP contribution is -2.44. The van der Waals surface area contributed by atoms with E-state index in [2.05, 4.69) is 41.4 Å². The Kier molecular flexibility index (Phi) is 4.79. The van der Waals surface area contributed by atoms with Gasteiger partial charge in [-0.3, -0.25) is 4.79 Å². The number of nitriles is 1. The Hall–Kier alpha value is -2.10. The standard InChI is InChI=1S/C17H23N5O/c1-12-4-2-3-5-14(12)15-8-16(21-20-15)17(23)19-9-13-6-7-22(10-13)11-18/h2-5,13,15-16,20-21H,6-10H2,1H3,(H,19,23). The first-order valence-corrected chi connectivity index (χ1v) is 8.16. The molecule has 1 aromatic rings. The van der Waals surface area contributed by atoms with Crippen molar-refractivity contribution >= 4 is 5.91 Å². The fraction of sp³-hybridized carbons (Fsp3) is 0.529. The quantitative estimate of drug-likeness (QED) is 0.717. The van der Waals surface area contributed by atoms with Crippen LogP contribution in [0.3, 0.4) is 0 Å². The normalized spacial score (nSPS) is 27.0. The summed E-state index contributed by atoms with van der Waals surface area (Å²) in [5, 5.41) is 11.9. The average molecular weight is 313 g/mol. The number of nitrogens with zero attached hydrogens (tertiary/aromatic N) is 2. The van der Waals surface area contributed by atoms with E-state index in [1.807, 2.05) is 12.1 Å². The minimum absolute atomic E-state index is 0.0315. The van der Waals surface area contributed by atoms with E-state index >= 15 is 0 Å². The molecule has 1 amide bonds. The minimum Gasteiger partial charge on any atom is -0.354 e. The summed E-state index contributed by atoms with van der Waals surface area (Å²) >= 11 is 0. The average Bonchev–Trinajstić information content (AvgIpc) is 3.22. The zero-order valence-corrected chi connectivity index (χ0v) is 13.4.